The van der Waals surface area contributed by atoms with Crippen LogP contribution in [0.1, 0.15) is 11.5 Å². The maximum absolute atomic E-state index is 12.4. The summed E-state index contributed by atoms with van der Waals surface area (Å²) in [5, 5.41) is 11.7. The lowest BCUT2D eigenvalue weighted by Crippen LogP contribution is -2.24. The molecule has 0 saturated carbocycles. The van der Waals surface area contributed by atoms with E-state index in [0.717, 1.165) is 11.1 Å². The van der Waals surface area contributed by atoms with E-state index in [1.807, 2.05) is 49.4 Å². The summed E-state index contributed by atoms with van der Waals surface area (Å²) in [7, 11) is 0. The van der Waals surface area contributed by atoms with Crippen LogP contribution in [-0.2, 0) is 6.54 Å². The molecule has 0 aliphatic heterocycles. The predicted octanol–water partition coefficient (Wildman–Crippen LogP) is 1.84. The van der Waals surface area contributed by atoms with Gasteiger partial charge in [0, 0.05) is 5.56 Å². The highest BCUT2D eigenvalue weighted by molar-refractivity contribution is 5.54. The number of hydrogen-bond acceptors (Lipinski definition) is 6. The second-order valence-electron chi connectivity index (χ2n) is 5.54. The molecule has 4 rings (SSSR count). The number of hydrogen-bond donors (Lipinski definition) is 0. The molecule has 0 aliphatic carbocycles. The van der Waals surface area contributed by atoms with Gasteiger partial charge in [0.25, 0.3) is 0 Å². The van der Waals surface area contributed by atoms with Crippen LogP contribution in [0.15, 0.2) is 63.9 Å². The molecule has 4 aromatic rings. The van der Waals surface area contributed by atoms with Crippen molar-refractivity contribution in [2.45, 2.75) is 13.5 Å². The van der Waals surface area contributed by atoms with E-state index >= 15 is 0 Å². The Hall–Kier alpha value is -3.55. The van der Waals surface area contributed by atoms with Gasteiger partial charge in [0.15, 0.2) is 0 Å². The van der Waals surface area contributed by atoms with Gasteiger partial charge in [-0.1, -0.05) is 53.2 Å². The van der Waals surface area contributed by atoms with E-state index < -0.39 is 0 Å². The molecule has 8 nitrogen and oxygen atoms in total. The van der Waals surface area contributed by atoms with E-state index in [-0.39, 0.29) is 18.1 Å². The van der Waals surface area contributed by atoms with Gasteiger partial charge in [-0.3, -0.25) is 0 Å². The Kier molecular flexibility index (Phi) is 3.70. The summed E-state index contributed by atoms with van der Waals surface area (Å²) < 4.78 is 7.62. The molecule has 2 aromatic heterocycles. The maximum atomic E-state index is 12.4. The maximum Gasteiger partial charge on any atom is 0.368 e. The zero-order chi connectivity index (χ0) is 17.2. The predicted molar refractivity (Wildman–Crippen MR) is 89.2 cm³/mol. The summed E-state index contributed by atoms with van der Waals surface area (Å²) in [5.41, 5.74) is 2.27. The van der Waals surface area contributed by atoms with Gasteiger partial charge < -0.3 is 4.52 Å². The minimum Gasteiger partial charge on any atom is -0.337 e. The number of benzene rings is 2. The molecule has 2 heterocycles. The highest BCUT2D eigenvalue weighted by Crippen LogP contribution is 2.16. The monoisotopic (exact) mass is 334 g/mol. The van der Waals surface area contributed by atoms with Crippen LogP contribution in [0.2, 0.25) is 0 Å². The minimum atomic E-state index is -0.374. The molecule has 0 bridgehead atoms. The Morgan fingerprint density at radius 1 is 1.00 bits per heavy atom. The Bertz CT molecular complexity index is 1050. The smallest absolute Gasteiger partial charge is 0.337 e. The van der Waals surface area contributed by atoms with E-state index in [9.17, 15) is 4.79 Å². The lowest BCUT2D eigenvalue weighted by atomic mass is 10.1. The van der Waals surface area contributed by atoms with Crippen LogP contribution >= 0.6 is 0 Å². The fraction of sp³-hybridized carbons (Fsp3) is 0.118. The molecule has 0 unspecified atom stereocenters. The summed E-state index contributed by atoms with van der Waals surface area (Å²) in [6.07, 6.45) is 0. The molecule has 124 valence electrons. The Morgan fingerprint density at radius 3 is 2.52 bits per heavy atom. The van der Waals surface area contributed by atoms with Gasteiger partial charge in [0.1, 0.15) is 6.54 Å². The van der Waals surface area contributed by atoms with Gasteiger partial charge in [-0.05, 0) is 29.5 Å². The first-order chi connectivity index (χ1) is 12.2. The molecule has 0 atom stereocenters. The summed E-state index contributed by atoms with van der Waals surface area (Å²) >= 11 is 0. The molecule has 25 heavy (non-hydrogen) atoms. The minimum absolute atomic E-state index is 0.0600. The van der Waals surface area contributed by atoms with E-state index in [2.05, 4.69) is 20.6 Å². The van der Waals surface area contributed by atoms with Crippen molar-refractivity contribution in [2.24, 2.45) is 0 Å². The van der Waals surface area contributed by atoms with Gasteiger partial charge in [0.2, 0.25) is 11.7 Å². The summed E-state index contributed by atoms with van der Waals surface area (Å²) in [4.78, 5) is 16.7. The first kappa shape index (κ1) is 15.0. The van der Waals surface area contributed by atoms with Gasteiger partial charge in [-0.25, -0.2) is 4.79 Å². The third kappa shape index (κ3) is 2.97. The van der Waals surface area contributed by atoms with Crippen molar-refractivity contribution in [1.82, 2.24) is 29.9 Å². The Balaban J connectivity index is 1.59. The van der Waals surface area contributed by atoms with Crippen molar-refractivity contribution >= 4 is 0 Å². The molecule has 0 amide bonds. The standard InChI is InChI=1S/C17H14N6O2/c1-12-7-9-13(10-8-12)16-18-15(25-19-16)11-22-17(24)23(21-20-22)14-5-3-2-4-6-14/h2-10H,11H2,1H3. The van der Waals surface area contributed by atoms with E-state index in [0.29, 0.717) is 11.5 Å². The van der Waals surface area contributed by atoms with Gasteiger partial charge >= 0.3 is 5.69 Å². The van der Waals surface area contributed by atoms with Crippen molar-refractivity contribution in [3.05, 3.63) is 76.5 Å². The molecule has 2 aromatic carbocycles. The van der Waals surface area contributed by atoms with Crippen molar-refractivity contribution in [3.8, 4) is 17.1 Å². The van der Waals surface area contributed by atoms with Crippen molar-refractivity contribution in [3.63, 3.8) is 0 Å². The summed E-state index contributed by atoms with van der Waals surface area (Å²) in [5.74, 6) is 0.760. The third-order valence-electron chi connectivity index (χ3n) is 3.70. The Labute approximate surface area is 142 Å². The molecule has 0 spiro atoms. The zero-order valence-corrected chi connectivity index (χ0v) is 13.4. The van der Waals surface area contributed by atoms with Crippen LogP contribution in [0.25, 0.3) is 17.1 Å². The number of nitrogens with zero attached hydrogens (tertiary/aromatic N) is 6. The molecule has 8 heteroatoms. The third-order valence-corrected chi connectivity index (χ3v) is 3.70. The first-order valence-corrected chi connectivity index (χ1v) is 7.68. The Morgan fingerprint density at radius 2 is 1.76 bits per heavy atom. The van der Waals surface area contributed by atoms with Crippen molar-refractivity contribution in [1.29, 1.82) is 0 Å². The molecular weight excluding hydrogens is 320 g/mol. The fourth-order valence-corrected chi connectivity index (χ4v) is 2.37. The lowest BCUT2D eigenvalue weighted by molar-refractivity contribution is 0.363. The van der Waals surface area contributed by atoms with Gasteiger partial charge in [-0.15, -0.1) is 0 Å². The summed E-state index contributed by atoms with van der Waals surface area (Å²) in [6.45, 7) is 2.07. The SMILES string of the molecule is Cc1ccc(-c2noc(Cn3nnn(-c4ccccc4)c3=O)n2)cc1. The largest absolute Gasteiger partial charge is 0.368 e. The van der Waals surface area contributed by atoms with Gasteiger partial charge in [0.05, 0.1) is 5.69 Å². The van der Waals surface area contributed by atoms with Crippen LogP contribution in [0, 0.1) is 6.92 Å². The van der Waals surface area contributed by atoms with E-state index in [1.165, 1.54) is 9.36 Å². The van der Waals surface area contributed by atoms with Crippen LogP contribution in [0.5, 0.6) is 0 Å². The van der Waals surface area contributed by atoms with Crippen LogP contribution in [0.3, 0.4) is 0 Å². The normalized spacial score (nSPS) is 10.9. The molecule has 0 saturated heterocycles. The average molecular weight is 334 g/mol. The van der Waals surface area contributed by atoms with Crippen molar-refractivity contribution in [2.75, 3.05) is 0 Å². The number of aromatic nitrogens is 6. The van der Waals surface area contributed by atoms with Gasteiger partial charge in [-0.2, -0.15) is 14.3 Å². The average Bonchev–Trinajstić information content (AvgIpc) is 3.24. The lowest BCUT2D eigenvalue weighted by Gasteiger charge is -1.96. The highest BCUT2D eigenvalue weighted by atomic mass is 16.5. The second kappa shape index (κ2) is 6.16. The van der Waals surface area contributed by atoms with E-state index in [1.54, 1.807) is 12.1 Å². The van der Waals surface area contributed by atoms with E-state index in [4.69, 9.17) is 4.52 Å². The molecule has 0 N–H and O–H groups in total. The first-order valence-electron chi connectivity index (χ1n) is 7.68. The molecular formula is C17H14N6O2. The number of tetrazole rings is 1. The number of rotatable bonds is 4. The molecule has 0 fully saturated rings. The molecule has 0 radical (unpaired) electrons. The second-order valence-corrected chi connectivity index (χ2v) is 5.54. The fourth-order valence-electron chi connectivity index (χ4n) is 2.37. The van der Waals surface area contributed by atoms with Crippen LogP contribution in [0.4, 0.5) is 0 Å². The topological polar surface area (TPSA) is 91.6 Å². The number of aryl methyl sites for hydroxylation is 1. The number of para-hydroxylation sites is 1. The zero-order valence-electron chi connectivity index (χ0n) is 13.4. The van der Waals surface area contributed by atoms with Crippen molar-refractivity contribution < 1.29 is 4.52 Å². The van der Waals surface area contributed by atoms with Crippen LogP contribution in [-0.4, -0.2) is 29.9 Å². The summed E-state index contributed by atoms with van der Waals surface area (Å²) in [6, 6.07) is 16.9. The quantitative estimate of drug-likeness (QED) is 0.565. The highest BCUT2D eigenvalue weighted by Gasteiger charge is 2.14. The van der Waals surface area contributed by atoms with Crippen LogP contribution < -0.4 is 5.69 Å². The molecule has 0 aliphatic rings.